The molecule has 0 heterocycles. The van der Waals surface area contributed by atoms with Gasteiger partial charge in [-0.2, -0.15) is 0 Å². The van der Waals surface area contributed by atoms with E-state index in [1.807, 2.05) is 13.8 Å². The molecule has 10 heavy (non-hydrogen) atoms. The predicted molar refractivity (Wildman–Crippen MR) is 53.0 cm³/mol. The minimum atomic E-state index is 0. The maximum Gasteiger partial charge on any atom is 0.0437 e. The van der Waals surface area contributed by atoms with Gasteiger partial charge in [0.15, 0.2) is 0 Å². The van der Waals surface area contributed by atoms with Crippen molar-refractivity contribution in [3.63, 3.8) is 0 Å². The zero-order valence-electron chi connectivity index (χ0n) is 7.81. The highest BCUT2D eigenvalue weighted by molar-refractivity contribution is 8.93. The lowest BCUT2D eigenvalue weighted by atomic mass is 10.3. The molecule has 0 saturated carbocycles. The van der Waals surface area contributed by atoms with Gasteiger partial charge in [-0.05, 0) is 19.8 Å². The number of hydrogen-bond donors (Lipinski definition) is 0. The minimum absolute atomic E-state index is 0. The third-order valence-corrected chi connectivity index (χ3v) is 0.408. The van der Waals surface area contributed by atoms with E-state index in [9.17, 15) is 0 Å². The first-order valence-electron chi connectivity index (χ1n) is 3.72. The van der Waals surface area contributed by atoms with Crippen molar-refractivity contribution in [1.82, 2.24) is 0 Å². The molecule has 0 aliphatic carbocycles. The Morgan fingerprint density at radius 2 is 1.20 bits per heavy atom. The topological polar surface area (TPSA) is 9.23 Å². The van der Waals surface area contributed by atoms with Crippen LogP contribution in [0.2, 0.25) is 0 Å². The summed E-state index contributed by atoms with van der Waals surface area (Å²) in [4.78, 5) is 0. The van der Waals surface area contributed by atoms with Gasteiger partial charge in [0.1, 0.15) is 0 Å². The number of halogens is 1. The molecule has 0 rings (SSSR count). The van der Waals surface area contributed by atoms with Crippen LogP contribution < -0.4 is 0 Å². The Labute approximate surface area is 75.9 Å². The van der Waals surface area contributed by atoms with Crippen molar-refractivity contribution in [2.75, 3.05) is 13.2 Å². The molecule has 0 aliphatic heterocycles. The maximum absolute atomic E-state index is 4.83. The quantitative estimate of drug-likeness (QED) is 0.683. The van der Waals surface area contributed by atoms with Crippen molar-refractivity contribution in [3.8, 4) is 0 Å². The summed E-state index contributed by atoms with van der Waals surface area (Å²) in [6.45, 7) is 12.2. The molecular weight excluding hydrogens is 192 g/mol. The summed E-state index contributed by atoms with van der Waals surface area (Å²) >= 11 is 0. The first-order valence-corrected chi connectivity index (χ1v) is 3.72. The lowest BCUT2D eigenvalue weighted by Gasteiger charge is -1.86. The van der Waals surface area contributed by atoms with Gasteiger partial charge < -0.3 is 4.74 Å². The Morgan fingerprint density at radius 1 is 1.00 bits per heavy atom. The average Bonchev–Trinajstić information content (AvgIpc) is 1.66. The molecule has 66 valence electrons. The molecule has 1 nitrogen and oxygen atoms in total. The van der Waals surface area contributed by atoms with Gasteiger partial charge in [0.2, 0.25) is 0 Å². The molecule has 0 spiro atoms. The van der Waals surface area contributed by atoms with Gasteiger partial charge in [-0.25, -0.2) is 0 Å². The van der Waals surface area contributed by atoms with Crippen molar-refractivity contribution in [2.24, 2.45) is 5.92 Å². The highest BCUT2D eigenvalue weighted by Gasteiger charge is 1.68. The molecule has 0 bridgehead atoms. The number of ether oxygens (including phenoxy) is 1. The van der Waals surface area contributed by atoms with E-state index in [1.165, 1.54) is 0 Å². The lowest BCUT2D eigenvalue weighted by molar-refractivity contribution is 0.162. The molecule has 0 atom stereocenters. The largest absolute Gasteiger partial charge is 0.382 e. The molecule has 2 heteroatoms. The van der Waals surface area contributed by atoms with E-state index in [-0.39, 0.29) is 17.0 Å². The molecule has 0 unspecified atom stereocenters. The molecule has 0 aliphatic rings. The molecule has 0 N–H and O–H groups in total. The molecule has 0 aromatic rings. The van der Waals surface area contributed by atoms with Crippen molar-refractivity contribution in [1.29, 1.82) is 0 Å². The van der Waals surface area contributed by atoms with Crippen LogP contribution in [0, 0.1) is 5.92 Å². The van der Waals surface area contributed by atoms with Gasteiger partial charge in [-0.3, -0.25) is 0 Å². The Hall–Kier alpha value is 0.440. The third kappa shape index (κ3) is 78.5. The second-order valence-corrected chi connectivity index (χ2v) is 2.51. The molecule has 0 aromatic heterocycles. The third-order valence-electron chi connectivity index (χ3n) is 0.408. The summed E-state index contributed by atoms with van der Waals surface area (Å²) in [5, 5.41) is 0. The fraction of sp³-hybridized carbons (Fsp3) is 1.00. The van der Waals surface area contributed by atoms with Crippen LogP contribution in [0.25, 0.3) is 0 Å². The van der Waals surface area contributed by atoms with Crippen LogP contribution in [0.1, 0.15) is 34.6 Å². The minimum Gasteiger partial charge on any atom is -0.382 e. The summed E-state index contributed by atoms with van der Waals surface area (Å²) < 4.78 is 4.83. The highest BCUT2D eigenvalue weighted by atomic mass is 79.9. The zero-order valence-corrected chi connectivity index (χ0v) is 9.52. The highest BCUT2D eigenvalue weighted by Crippen LogP contribution is 1.81. The maximum atomic E-state index is 4.83. The van der Waals surface area contributed by atoms with Crippen LogP contribution in [0.5, 0.6) is 0 Å². The molecule has 0 radical (unpaired) electrons. The van der Waals surface area contributed by atoms with Gasteiger partial charge in [-0.15, -0.1) is 17.0 Å². The van der Waals surface area contributed by atoms with Crippen molar-refractivity contribution in [2.45, 2.75) is 34.6 Å². The summed E-state index contributed by atoms with van der Waals surface area (Å²) in [5.74, 6) is 0.833. The fourth-order valence-electron chi connectivity index (χ4n) is 0.204. The van der Waals surface area contributed by atoms with Gasteiger partial charge in [0, 0.05) is 13.2 Å². The van der Waals surface area contributed by atoms with E-state index >= 15 is 0 Å². The van der Waals surface area contributed by atoms with Crippen molar-refractivity contribution in [3.05, 3.63) is 0 Å². The SMILES string of the molecule is Br.CC(C)C.CCOCC. The average molecular weight is 213 g/mol. The zero-order chi connectivity index (χ0) is 7.70. The Morgan fingerprint density at radius 3 is 1.20 bits per heavy atom. The van der Waals surface area contributed by atoms with Gasteiger partial charge in [0.25, 0.3) is 0 Å². The second-order valence-electron chi connectivity index (χ2n) is 2.51. The smallest absolute Gasteiger partial charge is 0.0437 e. The number of rotatable bonds is 2. The molecule has 0 fully saturated rings. The summed E-state index contributed by atoms with van der Waals surface area (Å²) in [5.41, 5.74) is 0. The Bertz CT molecular complexity index is 33.5. The van der Waals surface area contributed by atoms with Crippen LogP contribution >= 0.6 is 17.0 Å². The van der Waals surface area contributed by atoms with Gasteiger partial charge in [0.05, 0.1) is 0 Å². The first-order chi connectivity index (χ1) is 4.15. The summed E-state index contributed by atoms with van der Waals surface area (Å²) in [7, 11) is 0. The normalized spacial score (nSPS) is 7.80. The summed E-state index contributed by atoms with van der Waals surface area (Å²) in [6.07, 6.45) is 0. The second kappa shape index (κ2) is 16.2. The molecule has 0 saturated heterocycles. The number of hydrogen-bond acceptors (Lipinski definition) is 1. The van der Waals surface area contributed by atoms with Crippen LogP contribution in [0.15, 0.2) is 0 Å². The molecule has 0 amide bonds. The predicted octanol–water partition coefficient (Wildman–Crippen LogP) is 3.28. The lowest BCUT2D eigenvalue weighted by Crippen LogP contribution is -1.84. The molecule has 0 aromatic carbocycles. The monoisotopic (exact) mass is 212 g/mol. The van der Waals surface area contributed by atoms with Crippen LogP contribution in [0.3, 0.4) is 0 Å². The molecular formula is C8H21BrO. The van der Waals surface area contributed by atoms with Crippen molar-refractivity contribution < 1.29 is 4.74 Å². The first kappa shape index (κ1) is 16.8. The van der Waals surface area contributed by atoms with E-state index in [4.69, 9.17) is 4.74 Å². The van der Waals surface area contributed by atoms with Crippen LogP contribution in [-0.2, 0) is 4.74 Å². The summed E-state index contributed by atoms with van der Waals surface area (Å²) in [6, 6.07) is 0. The van der Waals surface area contributed by atoms with E-state index in [0.717, 1.165) is 19.1 Å². The standard InChI is InChI=1S/C4H10O.C4H10.BrH/c1-3-5-4-2;1-4(2)3;/h3-4H2,1-2H3;4H,1-3H3;1H. The van der Waals surface area contributed by atoms with Crippen molar-refractivity contribution >= 4 is 17.0 Å². The fourth-order valence-corrected chi connectivity index (χ4v) is 0.204. The van der Waals surface area contributed by atoms with E-state index in [0.29, 0.717) is 0 Å². The Balaban J connectivity index is -0.0000000910. The van der Waals surface area contributed by atoms with Crippen LogP contribution in [-0.4, -0.2) is 13.2 Å². The van der Waals surface area contributed by atoms with Gasteiger partial charge in [-0.1, -0.05) is 20.8 Å². The van der Waals surface area contributed by atoms with Gasteiger partial charge >= 0.3 is 0 Å². The van der Waals surface area contributed by atoms with Crippen LogP contribution in [0.4, 0.5) is 0 Å². The Kier molecular flexibility index (Phi) is 27.3. The van der Waals surface area contributed by atoms with E-state index < -0.39 is 0 Å². The van der Waals surface area contributed by atoms with E-state index in [1.54, 1.807) is 0 Å². The van der Waals surface area contributed by atoms with E-state index in [2.05, 4.69) is 20.8 Å².